The van der Waals surface area contributed by atoms with Gasteiger partial charge in [-0.05, 0) is 13.5 Å². The molecule has 0 heterocycles. The van der Waals surface area contributed by atoms with Crippen molar-refractivity contribution in [3.63, 3.8) is 0 Å². The van der Waals surface area contributed by atoms with Crippen LogP contribution in [0, 0.1) is 0 Å². The molecule has 1 atom stereocenters. The van der Waals surface area contributed by atoms with Crippen molar-refractivity contribution >= 4 is 25.9 Å². The molecule has 0 N–H and O–H groups in total. The number of hydrogen-bond donors (Lipinski definition) is 0. The van der Waals surface area contributed by atoms with Crippen molar-refractivity contribution in [2.24, 2.45) is 0 Å². The average Bonchev–Trinajstić information content (AvgIpc) is 2.13. The van der Waals surface area contributed by atoms with Crippen LogP contribution in [0.3, 0.4) is 0 Å². The van der Waals surface area contributed by atoms with Gasteiger partial charge in [-0.15, -0.1) is 11.6 Å². The summed E-state index contributed by atoms with van der Waals surface area (Å²) in [7, 11) is -0.438. The molecule has 0 radical (unpaired) electrons. The molecule has 3 nitrogen and oxygen atoms in total. The molecule has 0 aromatic heterocycles. The smallest absolute Gasteiger partial charge is 0.332 e. The number of halogens is 1. The lowest BCUT2D eigenvalue weighted by molar-refractivity contribution is -0.137. The van der Waals surface area contributed by atoms with E-state index in [9.17, 15) is 4.79 Å². The van der Waals surface area contributed by atoms with Crippen molar-refractivity contribution < 1.29 is 14.0 Å². The summed E-state index contributed by atoms with van der Waals surface area (Å²) in [5, 5.41) is 0. The Hall–Kier alpha value is -0.323. The van der Waals surface area contributed by atoms with Crippen LogP contribution in [-0.2, 0) is 14.0 Å². The topological polar surface area (TPSA) is 35.5 Å². The number of carbonyl (C=O) groups is 1. The normalized spacial score (nSPS) is 14.8. The fourth-order valence-electron chi connectivity index (χ4n) is 0.493. The SMILES string of the molecule is C=C(C)C(=O)OC[Si](C)(CCl)OC. The Morgan fingerprint density at radius 3 is 2.46 bits per heavy atom. The Morgan fingerprint density at radius 1 is 1.62 bits per heavy atom. The summed E-state index contributed by atoms with van der Waals surface area (Å²) in [4.78, 5) is 11.0. The summed E-state index contributed by atoms with van der Waals surface area (Å²) in [5.41, 5.74) is 0.800. The van der Waals surface area contributed by atoms with Gasteiger partial charge in [0.1, 0.15) is 6.23 Å². The standard InChI is InChI=1S/C8H15ClO3Si/c1-7(2)8(10)12-6-13(4,5-9)11-3/h1,5-6H2,2-4H3. The fourth-order valence-corrected chi connectivity index (χ4v) is 1.79. The van der Waals surface area contributed by atoms with Crippen molar-refractivity contribution in [2.45, 2.75) is 13.5 Å². The minimum atomic E-state index is -2.02. The van der Waals surface area contributed by atoms with E-state index in [0.29, 0.717) is 11.1 Å². The Bertz CT molecular complexity index is 202. The average molecular weight is 223 g/mol. The van der Waals surface area contributed by atoms with E-state index in [1.54, 1.807) is 14.0 Å². The van der Waals surface area contributed by atoms with Crippen LogP contribution in [0.25, 0.3) is 0 Å². The van der Waals surface area contributed by atoms with Crippen LogP contribution in [0.4, 0.5) is 0 Å². The van der Waals surface area contributed by atoms with Gasteiger partial charge in [0.2, 0.25) is 8.32 Å². The van der Waals surface area contributed by atoms with Crippen molar-refractivity contribution in [1.29, 1.82) is 0 Å². The van der Waals surface area contributed by atoms with Crippen LogP contribution in [-0.4, -0.2) is 33.1 Å². The molecule has 0 saturated heterocycles. The number of esters is 1. The molecule has 0 aliphatic rings. The highest BCUT2D eigenvalue weighted by Gasteiger charge is 2.28. The summed E-state index contributed by atoms with van der Waals surface area (Å²) < 4.78 is 10.2. The summed E-state index contributed by atoms with van der Waals surface area (Å²) in [6, 6.07) is 0. The predicted octanol–water partition coefficient (Wildman–Crippen LogP) is 1.64. The summed E-state index contributed by atoms with van der Waals surface area (Å²) in [5.74, 6) is -0.388. The van der Waals surface area contributed by atoms with E-state index in [0.717, 1.165) is 0 Å². The molecule has 0 aliphatic carbocycles. The monoisotopic (exact) mass is 222 g/mol. The summed E-state index contributed by atoms with van der Waals surface area (Å²) >= 11 is 5.69. The Kier molecular flexibility index (Phi) is 5.28. The second-order valence-corrected chi connectivity index (χ2v) is 7.81. The van der Waals surface area contributed by atoms with Crippen molar-refractivity contribution in [2.75, 3.05) is 18.8 Å². The maximum atomic E-state index is 11.0. The molecular weight excluding hydrogens is 208 g/mol. The molecule has 0 saturated carbocycles. The van der Waals surface area contributed by atoms with E-state index < -0.39 is 8.32 Å². The maximum absolute atomic E-state index is 11.0. The van der Waals surface area contributed by atoms with Crippen LogP contribution in [0.1, 0.15) is 6.92 Å². The summed E-state index contributed by atoms with van der Waals surface area (Å²) in [6.07, 6.45) is 0.276. The first-order valence-corrected chi connectivity index (χ1v) is 7.24. The van der Waals surface area contributed by atoms with Crippen LogP contribution >= 0.6 is 11.6 Å². The molecule has 13 heavy (non-hydrogen) atoms. The number of carbonyl (C=O) groups excluding carboxylic acids is 1. The van der Waals surface area contributed by atoms with Crippen LogP contribution in [0.2, 0.25) is 6.55 Å². The van der Waals surface area contributed by atoms with Crippen molar-refractivity contribution in [3.8, 4) is 0 Å². The molecule has 0 rings (SSSR count). The molecule has 0 aromatic carbocycles. The van der Waals surface area contributed by atoms with Gasteiger partial charge in [-0.1, -0.05) is 6.58 Å². The zero-order valence-corrected chi connectivity index (χ0v) is 9.98. The largest absolute Gasteiger partial charge is 0.463 e. The van der Waals surface area contributed by atoms with Gasteiger partial charge in [0.25, 0.3) is 0 Å². The second-order valence-electron chi connectivity index (χ2n) is 3.14. The molecule has 0 fully saturated rings. The minimum absolute atomic E-state index is 0.276. The van der Waals surface area contributed by atoms with Crippen molar-refractivity contribution in [1.82, 2.24) is 0 Å². The van der Waals surface area contributed by atoms with Gasteiger partial charge in [-0.25, -0.2) is 4.79 Å². The number of alkyl halides is 1. The van der Waals surface area contributed by atoms with Gasteiger partial charge >= 0.3 is 5.97 Å². The van der Waals surface area contributed by atoms with Crippen LogP contribution in [0.5, 0.6) is 0 Å². The summed E-state index contributed by atoms with van der Waals surface area (Å²) in [6.45, 7) is 6.99. The number of hydrogen-bond acceptors (Lipinski definition) is 3. The third-order valence-electron chi connectivity index (χ3n) is 1.63. The highest BCUT2D eigenvalue weighted by atomic mass is 35.5. The Labute approximate surface area is 84.8 Å². The quantitative estimate of drug-likeness (QED) is 0.307. The predicted molar refractivity (Wildman–Crippen MR) is 55.1 cm³/mol. The van der Waals surface area contributed by atoms with Crippen LogP contribution in [0.15, 0.2) is 12.2 Å². The lowest BCUT2D eigenvalue weighted by Crippen LogP contribution is -2.43. The number of ether oxygens (including phenoxy) is 1. The molecule has 0 aromatic rings. The fraction of sp³-hybridized carbons (Fsp3) is 0.625. The highest BCUT2D eigenvalue weighted by molar-refractivity contribution is 6.78. The second kappa shape index (κ2) is 5.42. The molecule has 0 aliphatic heterocycles. The van der Waals surface area contributed by atoms with E-state index >= 15 is 0 Å². The first kappa shape index (κ1) is 12.7. The molecule has 1 unspecified atom stereocenters. The molecule has 0 spiro atoms. The van der Waals surface area contributed by atoms with Gasteiger partial charge < -0.3 is 9.16 Å². The molecule has 76 valence electrons. The maximum Gasteiger partial charge on any atom is 0.332 e. The van der Waals surface area contributed by atoms with Gasteiger partial charge in [0, 0.05) is 18.2 Å². The van der Waals surface area contributed by atoms with Crippen LogP contribution < -0.4 is 0 Å². The van der Waals surface area contributed by atoms with E-state index in [2.05, 4.69) is 6.58 Å². The Balaban J connectivity index is 4.00. The highest BCUT2D eigenvalue weighted by Crippen LogP contribution is 2.07. The molecular formula is C8H15ClO3Si. The first-order chi connectivity index (χ1) is 5.95. The van der Waals surface area contributed by atoms with Gasteiger partial charge in [-0.3, -0.25) is 0 Å². The minimum Gasteiger partial charge on any atom is -0.463 e. The lowest BCUT2D eigenvalue weighted by Gasteiger charge is -2.21. The lowest BCUT2D eigenvalue weighted by atomic mass is 10.4. The van der Waals surface area contributed by atoms with Crippen molar-refractivity contribution in [3.05, 3.63) is 12.2 Å². The zero-order valence-electron chi connectivity index (χ0n) is 8.22. The molecule has 0 bridgehead atoms. The number of rotatable bonds is 5. The van der Waals surface area contributed by atoms with E-state index in [4.69, 9.17) is 20.8 Å². The van der Waals surface area contributed by atoms with Gasteiger partial charge in [0.15, 0.2) is 0 Å². The van der Waals surface area contributed by atoms with Gasteiger partial charge in [0.05, 0.1) is 0 Å². The van der Waals surface area contributed by atoms with E-state index in [1.165, 1.54) is 0 Å². The zero-order chi connectivity index (χ0) is 10.5. The van der Waals surface area contributed by atoms with E-state index in [-0.39, 0.29) is 12.2 Å². The molecule has 5 heteroatoms. The molecule has 0 amide bonds. The third kappa shape index (κ3) is 4.45. The first-order valence-electron chi connectivity index (χ1n) is 3.89. The Morgan fingerprint density at radius 2 is 2.15 bits per heavy atom. The van der Waals surface area contributed by atoms with E-state index in [1.807, 2.05) is 6.55 Å². The third-order valence-corrected chi connectivity index (χ3v) is 5.63. The van der Waals surface area contributed by atoms with Gasteiger partial charge in [-0.2, -0.15) is 0 Å².